The third-order valence-corrected chi connectivity index (χ3v) is 3.94. The van der Waals surface area contributed by atoms with Gasteiger partial charge in [-0.1, -0.05) is 12.8 Å². The number of pyridine rings is 1. The lowest BCUT2D eigenvalue weighted by atomic mass is 10.00. The first-order chi connectivity index (χ1) is 8.43. The Kier molecular flexibility index (Phi) is 7.08. The molecule has 0 amide bonds. The molecule has 0 radical (unpaired) electrons. The van der Waals surface area contributed by atoms with Crippen LogP contribution in [0.25, 0.3) is 0 Å². The van der Waals surface area contributed by atoms with Gasteiger partial charge in [-0.05, 0) is 30.0 Å². The van der Waals surface area contributed by atoms with Crippen molar-refractivity contribution in [2.24, 2.45) is 5.92 Å². The maximum atomic E-state index is 4.14. The molecule has 1 saturated carbocycles. The number of hydrogen-bond acceptors (Lipinski definition) is 3. The fourth-order valence-corrected chi connectivity index (χ4v) is 2.74. The second kappa shape index (κ2) is 8.05. The molecular weight excluding hydrogens is 281 g/mol. The second-order valence-corrected chi connectivity index (χ2v) is 5.26. The maximum absolute atomic E-state index is 4.14. The predicted molar refractivity (Wildman–Crippen MR) is 83.3 cm³/mol. The van der Waals surface area contributed by atoms with Gasteiger partial charge in [0.15, 0.2) is 0 Å². The number of piperazine rings is 1. The lowest BCUT2D eigenvalue weighted by Gasteiger charge is -2.35. The molecular formula is C14H23Cl2N3. The standard InChI is InChI=1S/C14H21N3.2ClH/c1-2-12(1)11-14(13-3-5-15-6-4-13)17-9-7-16-8-10-17;;/h3-6,12,14,16H,1-2,7-11H2;2*1H/t14-;;/m0../s1. The van der Waals surface area contributed by atoms with Crippen molar-refractivity contribution in [3.8, 4) is 0 Å². The molecule has 0 spiro atoms. The Bertz CT molecular complexity index is 351. The second-order valence-electron chi connectivity index (χ2n) is 5.26. The van der Waals surface area contributed by atoms with Gasteiger partial charge in [0.05, 0.1) is 0 Å². The summed E-state index contributed by atoms with van der Waals surface area (Å²) >= 11 is 0. The molecule has 3 nitrogen and oxygen atoms in total. The summed E-state index contributed by atoms with van der Waals surface area (Å²) in [6.45, 7) is 4.62. The van der Waals surface area contributed by atoms with E-state index in [4.69, 9.17) is 0 Å². The Morgan fingerprint density at radius 1 is 1.16 bits per heavy atom. The van der Waals surface area contributed by atoms with Crippen molar-refractivity contribution >= 4 is 24.8 Å². The summed E-state index contributed by atoms with van der Waals surface area (Å²) in [6, 6.07) is 5.00. The Labute approximate surface area is 128 Å². The van der Waals surface area contributed by atoms with Crippen molar-refractivity contribution < 1.29 is 0 Å². The summed E-state index contributed by atoms with van der Waals surface area (Å²) in [4.78, 5) is 6.78. The maximum Gasteiger partial charge on any atom is 0.0352 e. The topological polar surface area (TPSA) is 28.2 Å². The van der Waals surface area contributed by atoms with Gasteiger partial charge in [0.25, 0.3) is 0 Å². The largest absolute Gasteiger partial charge is 0.314 e. The van der Waals surface area contributed by atoms with Gasteiger partial charge in [-0.2, -0.15) is 0 Å². The summed E-state index contributed by atoms with van der Waals surface area (Å²) in [6.07, 6.45) is 8.07. The van der Waals surface area contributed by atoms with E-state index in [0.29, 0.717) is 6.04 Å². The quantitative estimate of drug-likeness (QED) is 0.927. The Morgan fingerprint density at radius 3 is 2.37 bits per heavy atom. The molecule has 1 N–H and O–H groups in total. The van der Waals surface area contributed by atoms with E-state index >= 15 is 0 Å². The minimum absolute atomic E-state index is 0. The van der Waals surface area contributed by atoms with Crippen LogP contribution in [-0.4, -0.2) is 36.1 Å². The molecule has 3 rings (SSSR count). The highest BCUT2D eigenvalue weighted by atomic mass is 35.5. The van der Waals surface area contributed by atoms with Crippen LogP contribution in [-0.2, 0) is 0 Å². The highest BCUT2D eigenvalue weighted by Crippen LogP contribution is 2.39. The Hall–Kier alpha value is -0.350. The SMILES string of the molecule is Cl.Cl.c1cc([C@H](CC2CC2)N2CCNCC2)ccn1. The van der Waals surface area contributed by atoms with Crippen molar-refractivity contribution in [1.29, 1.82) is 0 Å². The van der Waals surface area contributed by atoms with Gasteiger partial charge < -0.3 is 5.32 Å². The molecule has 0 aromatic carbocycles. The molecule has 108 valence electrons. The lowest BCUT2D eigenvalue weighted by molar-refractivity contribution is 0.160. The molecule has 1 aliphatic heterocycles. The fourth-order valence-electron chi connectivity index (χ4n) is 2.74. The number of halogens is 2. The van der Waals surface area contributed by atoms with E-state index in [1.807, 2.05) is 12.4 Å². The van der Waals surface area contributed by atoms with E-state index in [1.165, 1.54) is 37.9 Å². The van der Waals surface area contributed by atoms with E-state index in [1.54, 1.807) is 0 Å². The van der Waals surface area contributed by atoms with Crippen LogP contribution in [0, 0.1) is 5.92 Å². The van der Waals surface area contributed by atoms with Gasteiger partial charge >= 0.3 is 0 Å². The summed E-state index contributed by atoms with van der Waals surface area (Å²) in [5.74, 6) is 0.975. The van der Waals surface area contributed by atoms with Crippen molar-refractivity contribution in [3.63, 3.8) is 0 Å². The first-order valence-electron chi connectivity index (χ1n) is 6.78. The van der Waals surface area contributed by atoms with Gasteiger partial charge in [0.1, 0.15) is 0 Å². The molecule has 1 aromatic heterocycles. The van der Waals surface area contributed by atoms with Crippen LogP contribution >= 0.6 is 24.8 Å². The van der Waals surface area contributed by atoms with Crippen LogP contribution in [0.4, 0.5) is 0 Å². The van der Waals surface area contributed by atoms with Gasteiger partial charge in [-0.25, -0.2) is 0 Å². The molecule has 1 aromatic rings. The van der Waals surface area contributed by atoms with Crippen LogP contribution < -0.4 is 5.32 Å². The molecule has 19 heavy (non-hydrogen) atoms. The molecule has 2 aliphatic rings. The van der Waals surface area contributed by atoms with E-state index < -0.39 is 0 Å². The predicted octanol–water partition coefficient (Wildman–Crippen LogP) is 2.67. The molecule has 0 unspecified atom stereocenters. The van der Waals surface area contributed by atoms with Crippen LogP contribution in [0.2, 0.25) is 0 Å². The van der Waals surface area contributed by atoms with E-state index in [2.05, 4.69) is 27.3 Å². The zero-order valence-corrected chi connectivity index (χ0v) is 12.8. The summed E-state index contributed by atoms with van der Waals surface area (Å²) < 4.78 is 0. The van der Waals surface area contributed by atoms with E-state index in [0.717, 1.165) is 19.0 Å². The van der Waals surface area contributed by atoms with Gasteiger partial charge in [0, 0.05) is 44.6 Å². The number of aromatic nitrogens is 1. The van der Waals surface area contributed by atoms with Crippen LogP contribution in [0.1, 0.15) is 30.9 Å². The average molecular weight is 304 g/mol. The van der Waals surface area contributed by atoms with Gasteiger partial charge in [-0.3, -0.25) is 9.88 Å². The fraction of sp³-hybridized carbons (Fsp3) is 0.643. The number of nitrogens with one attached hydrogen (secondary N) is 1. The van der Waals surface area contributed by atoms with Crippen molar-refractivity contribution in [2.45, 2.75) is 25.3 Å². The molecule has 2 fully saturated rings. The smallest absolute Gasteiger partial charge is 0.0352 e. The first-order valence-corrected chi connectivity index (χ1v) is 6.78. The van der Waals surface area contributed by atoms with Crippen molar-refractivity contribution in [3.05, 3.63) is 30.1 Å². The van der Waals surface area contributed by atoms with Crippen molar-refractivity contribution in [1.82, 2.24) is 15.2 Å². The van der Waals surface area contributed by atoms with Crippen LogP contribution in [0.3, 0.4) is 0 Å². The number of hydrogen-bond donors (Lipinski definition) is 1. The van der Waals surface area contributed by atoms with Crippen molar-refractivity contribution in [2.75, 3.05) is 26.2 Å². The molecule has 0 bridgehead atoms. The molecule has 1 saturated heterocycles. The summed E-state index contributed by atoms with van der Waals surface area (Å²) in [7, 11) is 0. The molecule has 2 heterocycles. The van der Waals surface area contributed by atoms with Gasteiger partial charge in [0.2, 0.25) is 0 Å². The number of nitrogens with zero attached hydrogens (tertiary/aromatic N) is 2. The zero-order chi connectivity index (χ0) is 11.5. The van der Waals surface area contributed by atoms with Gasteiger partial charge in [-0.15, -0.1) is 24.8 Å². The zero-order valence-electron chi connectivity index (χ0n) is 11.1. The minimum atomic E-state index is 0. The monoisotopic (exact) mass is 303 g/mol. The highest BCUT2D eigenvalue weighted by molar-refractivity contribution is 5.85. The van der Waals surface area contributed by atoms with E-state index in [-0.39, 0.29) is 24.8 Å². The Balaban J connectivity index is 0.000000902. The van der Waals surface area contributed by atoms with Crippen LogP contribution in [0.15, 0.2) is 24.5 Å². The summed E-state index contributed by atoms with van der Waals surface area (Å²) in [5.41, 5.74) is 1.45. The van der Waals surface area contributed by atoms with Crippen LogP contribution in [0.5, 0.6) is 0 Å². The summed E-state index contributed by atoms with van der Waals surface area (Å²) in [5, 5.41) is 3.44. The average Bonchev–Trinajstić information content (AvgIpc) is 3.22. The number of rotatable bonds is 4. The molecule has 1 aliphatic carbocycles. The third-order valence-electron chi connectivity index (χ3n) is 3.94. The minimum Gasteiger partial charge on any atom is -0.314 e. The third kappa shape index (κ3) is 4.60. The molecule has 1 atom stereocenters. The Morgan fingerprint density at radius 2 is 1.79 bits per heavy atom. The first kappa shape index (κ1) is 16.7. The lowest BCUT2D eigenvalue weighted by Crippen LogP contribution is -2.45. The normalized spacial score (nSPS) is 21.1. The highest BCUT2D eigenvalue weighted by Gasteiger charge is 2.30. The molecule has 5 heteroatoms. The van der Waals surface area contributed by atoms with E-state index in [9.17, 15) is 0 Å².